The van der Waals surface area contributed by atoms with Gasteiger partial charge in [0.25, 0.3) is 6.43 Å². The summed E-state index contributed by atoms with van der Waals surface area (Å²) in [7, 11) is 0. The molecule has 6 heteroatoms. The molecule has 0 bridgehead atoms. The highest BCUT2D eigenvalue weighted by atomic mass is 35.5. The normalized spacial score (nSPS) is 16.8. The number of nitrogens with zero attached hydrogens (tertiary/aromatic N) is 1. The Morgan fingerprint density at radius 2 is 2.06 bits per heavy atom. The molecule has 1 saturated carbocycles. The van der Waals surface area contributed by atoms with Gasteiger partial charge in [0, 0.05) is 6.04 Å². The number of halogens is 3. The van der Waals surface area contributed by atoms with E-state index < -0.39 is 19.0 Å². The number of nitrogens with two attached hydrogens (primary N) is 1. The quantitative estimate of drug-likeness (QED) is 0.788. The van der Waals surface area contributed by atoms with Gasteiger partial charge in [-0.15, -0.1) is 12.4 Å². The maximum absolute atomic E-state index is 12.2. The minimum Gasteiger partial charge on any atom is -0.333 e. The van der Waals surface area contributed by atoms with Gasteiger partial charge in [0.15, 0.2) is 0 Å². The second-order valence-electron chi connectivity index (χ2n) is 4.01. The Labute approximate surface area is 101 Å². The molecule has 0 aromatic rings. The van der Waals surface area contributed by atoms with E-state index in [1.54, 1.807) is 0 Å². The molecular weight excluding hydrogens is 238 g/mol. The van der Waals surface area contributed by atoms with Gasteiger partial charge in [-0.1, -0.05) is 13.3 Å². The van der Waals surface area contributed by atoms with Gasteiger partial charge in [0.2, 0.25) is 5.91 Å². The summed E-state index contributed by atoms with van der Waals surface area (Å²) in [5.41, 5.74) is 5.63. The lowest BCUT2D eigenvalue weighted by molar-refractivity contribution is -0.135. The molecule has 1 atom stereocenters. The summed E-state index contributed by atoms with van der Waals surface area (Å²) in [5, 5.41) is 0. The van der Waals surface area contributed by atoms with Crippen molar-refractivity contribution in [1.29, 1.82) is 0 Å². The van der Waals surface area contributed by atoms with Gasteiger partial charge in [-0.3, -0.25) is 4.79 Å². The van der Waals surface area contributed by atoms with Crippen LogP contribution in [-0.4, -0.2) is 35.9 Å². The lowest BCUT2D eigenvalue weighted by atomic mass is 10.1. The van der Waals surface area contributed by atoms with Gasteiger partial charge in [0.1, 0.15) is 0 Å². The van der Waals surface area contributed by atoms with E-state index in [1.165, 1.54) is 4.90 Å². The van der Waals surface area contributed by atoms with Crippen LogP contribution in [0.3, 0.4) is 0 Å². The molecule has 1 aliphatic rings. The summed E-state index contributed by atoms with van der Waals surface area (Å²) >= 11 is 0. The van der Waals surface area contributed by atoms with Crippen molar-refractivity contribution < 1.29 is 13.6 Å². The standard InChI is InChI=1S/C10H18F2N2O.ClH/c1-2-3-8(13)10(15)14(6-9(11)12)7-4-5-7;/h7-9H,2-6,13H2,1H3;1H. The second-order valence-corrected chi connectivity index (χ2v) is 4.01. The van der Waals surface area contributed by atoms with Gasteiger partial charge in [-0.05, 0) is 19.3 Å². The first-order chi connectivity index (χ1) is 7.06. The summed E-state index contributed by atoms with van der Waals surface area (Å²) in [6, 6.07) is -0.608. The Morgan fingerprint density at radius 1 is 1.50 bits per heavy atom. The monoisotopic (exact) mass is 256 g/mol. The van der Waals surface area contributed by atoms with Gasteiger partial charge >= 0.3 is 0 Å². The molecule has 0 aliphatic heterocycles. The molecule has 0 saturated heterocycles. The van der Waals surface area contributed by atoms with Crippen molar-refractivity contribution in [1.82, 2.24) is 4.90 Å². The fourth-order valence-corrected chi connectivity index (χ4v) is 1.60. The van der Waals surface area contributed by atoms with Crippen molar-refractivity contribution in [2.24, 2.45) is 5.73 Å². The van der Waals surface area contributed by atoms with Crippen LogP contribution in [0, 0.1) is 0 Å². The topological polar surface area (TPSA) is 46.3 Å². The minimum atomic E-state index is -2.47. The lowest BCUT2D eigenvalue weighted by Gasteiger charge is -2.25. The Kier molecular flexibility index (Phi) is 6.83. The molecule has 0 aromatic heterocycles. The van der Waals surface area contributed by atoms with Crippen molar-refractivity contribution in [3.05, 3.63) is 0 Å². The van der Waals surface area contributed by atoms with Crippen molar-refractivity contribution in [3.8, 4) is 0 Å². The van der Waals surface area contributed by atoms with Crippen LogP contribution in [0.5, 0.6) is 0 Å². The Morgan fingerprint density at radius 3 is 2.44 bits per heavy atom. The van der Waals surface area contributed by atoms with E-state index in [1.807, 2.05) is 6.92 Å². The maximum atomic E-state index is 12.2. The molecule has 1 aliphatic carbocycles. The third-order valence-electron chi connectivity index (χ3n) is 2.52. The van der Waals surface area contributed by atoms with E-state index >= 15 is 0 Å². The number of amides is 1. The fourth-order valence-electron chi connectivity index (χ4n) is 1.60. The van der Waals surface area contributed by atoms with Crippen LogP contribution in [0.15, 0.2) is 0 Å². The van der Waals surface area contributed by atoms with Gasteiger partial charge in [0.05, 0.1) is 12.6 Å². The largest absolute Gasteiger partial charge is 0.333 e. The summed E-state index contributed by atoms with van der Waals surface area (Å²) in [6.45, 7) is 1.45. The number of hydrogen-bond acceptors (Lipinski definition) is 2. The van der Waals surface area contributed by atoms with Crippen LogP contribution in [0.25, 0.3) is 0 Å². The number of carbonyl (C=O) groups excluding carboxylic acids is 1. The summed E-state index contributed by atoms with van der Waals surface area (Å²) in [5.74, 6) is -0.320. The smallest absolute Gasteiger partial charge is 0.255 e. The first-order valence-electron chi connectivity index (χ1n) is 5.40. The third-order valence-corrected chi connectivity index (χ3v) is 2.52. The highest BCUT2D eigenvalue weighted by Gasteiger charge is 2.35. The summed E-state index contributed by atoms with van der Waals surface area (Å²) in [4.78, 5) is 13.0. The van der Waals surface area contributed by atoms with Gasteiger partial charge < -0.3 is 10.6 Å². The van der Waals surface area contributed by atoms with Gasteiger partial charge in [-0.2, -0.15) is 0 Å². The first-order valence-corrected chi connectivity index (χ1v) is 5.40. The van der Waals surface area contributed by atoms with Crippen LogP contribution >= 0.6 is 12.4 Å². The van der Waals surface area contributed by atoms with Gasteiger partial charge in [-0.25, -0.2) is 8.78 Å². The average Bonchev–Trinajstić information content (AvgIpc) is 2.96. The minimum absolute atomic E-state index is 0. The van der Waals surface area contributed by atoms with E-state index in [-0.39, 0.29) is 24.4 Å². The highest BCUT2D eigenvalue weighted by Crippen LogP contribution is 2.28. The van der Waals surface area contributed by atoms with Crippen LogP contribution in [-0.2, 0) is 4.79 Å². The molecular formula is C10H19ClF2N2O. The Bertz CT molecular complexity index is 225. The molecule has 0 aromatic carbocycles. The zero-order valence-corrected chi connectivity index (χ0v) is 10.2. The molecule has 96 valence electrons. The fraction of sp³-hybridized carbons (Fsp3) is 0.900. The molecule has 0 heterocycles. The van der Waals surface area contributed by atoms with Crippen molar-refractivity contribution >= 4 is 18.3 Å². The van der Waals surface area contributed by atoms with Crippen molar-refractivity contribution in [2.45, 2.75) is 51.1 Å². The Balaban J connectivity index is 0.00000225. The predicted molar refractivity (Wildman–Crippen MR) is 60.9 cm³/mol. The zero-order valence-electron chi connectivity index (χ0n) is 9.36. The summed E-state index contributed by atoms with van der Waals surface area (Å²) < 4.78 is 24.5. The summed E-state index contributed by atoms with van der Waals surface area (Å²) in [6.07, 6.45) is 0.545. The molecule has 2 N–H and O–H groups in total. The lowest BCUT2D eigenvalue weighted by Crippen LogP contribution is -2.46. The van der Waals surface area contributed by atoms with E-state index in [9.17, 15) is 13.6 Å². The number of alkyl halides is 2. The van der Waals surface area contributed by atoms with Crippen molar-refractivity contribution in [2.75, 3.05) is 6.54 Å². The van der Waals surface area contributed by atoms with E-state index in [0.717, 1.165) is 19.3 Å². The van der Waals surface area contributed by atoms with Crippen LogP contribution in [0.2, 0.25) is 0 Å². The molecule has 0 spiro atoms. The zero-order chi connectivity index (χ0) is 11.4. The van der Waals surface area contributed by atoms with Crippen molar-refractivity contribution in [3.63, 3.8) is 0 Å². The molecule has 0 radical (unpaired) electrons. The SMILES string of the molecule is CCCC(N)C(=O)N(CC(F)F)C1CC1.Cl. The average molecular weight is 257 g/mol. The Hall–Kier alpha value is -0.420. The van der Waals surface area contributed by atoms with Crippen LogP contribution < -0.4 is 5.73 Å². The highest BCUT2D eigenvalue weighted by molar-refractivity contribution is 5.85. The van der Waals surface area contributed by atoms with E-state index in [4.69, 9.17) is 5.73 Å². The molecule has 1 unspecified atom stereocenters. The number of carbonyl (C=O) groups is 1. The number of rotatable bonds is 6. The molecule has 1 fully saturated rings. The first kappa shape index (κ1) is 15.6. The third kappa shape index (κ3) is 4.61. The molecule has 3 nitrogen and oxygen atoms in total. The molecule has 16 heavy (non-hydrogen) atoms. The number of hydrogen-bond donors (Lipinski definition) is 1. The van der Waals surface area contributed by atoms with E-state index in [0.29, 0.717) is 6.42 Å². The van der Waals surface area contributed by atoms with E-state index in [2.05, 4.69) is 0 Å². The molecule has 1 rings (SSSR count). The maximum Gasteiger partial charge on any atom is 0.255 e. The van der Waals surface area contributed by atoms with Crippen LogP contribution in [0.1, 0.15) is 32.6 Å². The molecule has 1 amide bonds. The second kappa shape index (κ2) is 7.01. The predicted octanol–water partition coefficient (Wildman–Crippen LogP) is 1.79. The van der Waals surface area contributed by atoms with Crippen LogP contribution in [0.4, 0.5) is 8.78 Å².